The van der Waals surface area contributed by atoms with Crippen LogP contribution >= 0.6 is 27.3 Å². The fourth-order valence-corrected chi connectivity index (χ4v) is 2.04. The first-order valence-corrected chi connectivity index (χ1v) is 5.58. The summed E-state index contributed by atoms with van der Waals surface area (Å²) < 4.78 is 39.4. The van der Waals surface area contributed by atoms with Gasteiger partial charge in [0.15, 0.2) is 15.6 Å². The average Bonchev–Trinajstić information content (AvgIpc) is 2.60. The molecule has 0 atom stereocenters. The van der Waals surface area contributed by atoms with E-state index in [1.807, 2.05) is 0 Å². The van der Waals surface area contributed by atoms with Crippen LogP contribution in [0.2, 0.25) is 0 Å². The van der Waals surface area contributed by atoms with Gasteiger partial charge in [-0.2, -0.15) is 0 Å². The van der Waals surface area contributed by atoms with Gasteiger partial charge in [0.1, 0.15) is 5.82 Å². The number of aromatic nitrogens is 2. The zero-order chi connectivity index (χ0) is 11.7. The van der Waals surface area contributed by atoms with Gasteiger partial charge in [-0.1, -0.05) is 11.3 Å². The third kappa shape index (κ3) is 2.33. The first kappa shape index (κ1) is 11.3. The highest BCUT2D eigenvalue weighted by atomic mass is 79.9. The normalized spacial score (nSPS) is 10.5. The molecule has 0 bridgehead atoms. The van der Waals surface area contributed by atoms with E-state index in [9.17, 15) is 13.2 Å². The maximum absolute atomic E-state index is 13.2. The molecule has 1 aromatic carbocycles. The summed E-state index contributed by atoms with van der Waals surface area (Å²) in [5, 5.41) is 9.88. The summed E-state index contributed by atoms with van der Waals surface area (Å²) in [6, 6.07) is 1.31. The molecule has 0 aliphatic heterocycles. The quantitative estimate of drug-likeness (QED) is 0.863. The van der Waals surface area contributed by atoms with Crippen molar-refractivity contribution in [3.05, 3.63) is 33.5 Å². The summed E-state index contributed by atoms with van der Waals surface area (Å²) in [7, 11) is 0. The molecule has 0 fully saturated rings. The molecule has 0 spiro atoms. The largest absolute Gasteiger partial charge is 0.327 e. The molecule has 2 rings (SSSR count). The molecule has 0 saturated carbocycles. The van der Waals surface area contributed by atoms with Gasteiger partial charge in [0.25, 0.3) is 0 Å². The van der Waals surface area contributed by atoms with Crippen molar-refractivity contribution in [3.8, 4) is 0 Å². The molecular formula is C8H3BrF3N3S. The predicted octanol–water partition coefficient (Wildman–Crippen LogP) is 3.46. The summed E-state index contributed by atoms with van der Waals surface area (Å²) in [5.74, 6) is -3.29. The van der Waals surface area contributed by atoms with E-state index in [1.54, 1.807) is 0 Å². The smallest absolute Gasteiger partial charge is 0.210 e. The summed E-state index contributed by atoms with van der Waals surface area (Å²) in [5.41, 5.74) is -0.318. The molecule has 0 amide bonds. The van der Waals surface area contributed by atoms with E-state index in [1.165, 1.54) is 0 Å². The van der Waals surface area contributed by atoms with E-state index in [0.29, 0.717) is 9.98 Å². The molecule has 8 heteroatoms. The second-order valence-electron chi connectivity index (χ2n) is 2.73. The molecule has 1 aromatic heterocycles. The number of benzene rings is 1. The van der Waals surface area contributed by atoms with E-state index in [-0.39, 0.29) is 10.8 Å². The van der Waals surface area contributed by atoms with Gasteiger partial charge in [-0.15, -0.1) is 10.2 Å². The van der Waals surface area contributed by atoms with E-state index >= 15 is 0 Å². The van der Waals surface area contributed by atoms with Crippen LogP contribution in [0.3, 0.4) is 0 Å². The fraction of sp³-hybridized carbons (Fsp3) is 0. The zero-order valence-electron chi connectivity index (χ0n) is 7.47. The Kier molecular flexibility index (Phi) is 3.10. The number of hydrogen-bond acceptors (Lipinski definition) is 4. The van der Waals surface area contributed by atoms with E-state index < -0.39 is 17.5 Å². The average molecular weight is 310 g/mol. The second kappa shape index (κ2) is 4.38. The lowest BCUT2D eigenvalue weighted by molar-refractivity contribution is 0.498. The molecular weight excluding hydrogens is 307 g/mol. The molecule has 1 heterocycles. The molecule has 0 aliphatic carbocycles. The number of nitrogens with one attached hydrogen (secondary N) is 1. The fourth-order valence-electron chi connectivity index (χ4n) is 1.02. The van der Waals surface area contributed by atoms with Crippen LogP contribution in [0.25, 0.3) is 0 Å². The van der Waals surface area contributed by atoms with Crippen LogP contribution in [0.1, 0.15) is 0 Å². The molecule has 0 unspecified atom stereocenters. The summed E-state index contributed by atoms with van der Waals surface area (Å²) in [6.07, 6.45) is 0. The maximum atomic E-state index is 13.2. The number of halogens is 4. The van der Waals surface area contributed by atoms with Crippen LogP contribution in [0, 0.1) is 17.5 Å². The topological polar surface area (TPSA) is 37.8 Å². The summed E-state index contributed by atoms with van der Waals surface area (Å²) >= 11 is 4.13. The first-order chi connectivity index (χ1) is 7.56. The van der Waals surface area contributed by atoms with Crippen molar-refractivity contribution in [2.24, 2.45) is 0 Å². The number of anilines is 2. The van der Waals surface area contributed by atoms with Crippen molar-refractivity contribution in [2.45, 2.75) is 0 Å². The van der Waals surface area contributed by atoms with Crippen molar-refractivity contribution < 1.29 is 13.2 Å². The van der Waals surface area contributed by atoms with Crippen LogP contribution in [-0.4, -0.2) is 10.2 Å². The SMILES string of the molecule is Fc1cc(F)c(F)c(Nc2nnc(Br)s2)c1. The number of nitrogens with zero attached hydrogens (tertiary/aromatic N) is 2. The standard InChI is InChI=1S/C8H3BrF3N3S/c9-7-14-15-8(16-7)13-5-2-3(10)1-4(11)6(5)12/h1-2H,(H,13,15). The van der Waals surface area contributed by atoms with Gasteiger partial charge in [-0.05, 0) is 15.9 Å². The van der Waals surface area contributed by atoms with Crippen molar-refractivity contribution in [1.82, 2.24) is 10.2 Å². The van der Waals surface area contributed by atoms with Gasteiger partial charge >= 0.3 is 0 Å². The van der Waals surface area contributed by atoms with Crippen LogP contribution in [-0.2, 0) is 0 Å². The molecule has 0 aliphatic rings. The third-order valence-corrected chi connectivity index (χ3v) is 2.91. The van der Waals surface area contributed by atoms with Crippen LogP contribution in [0.5, 0.6) is 0 Å². The highest BCUT2D eigenvalue weighted by Crippen LogP contribution is 2.26. The summed E-state index contributed by atoms with van der Waals surface area (Å²) in [6.45, 7) is 0. The Morgan fingerprint density at radius 3 is 2.56 bits per heavy atom. The van der Waals surface area contributed by atoms with Gasteiger partial charge in [0.05, 0.1) is 5.69 Å². The molecule has 2 aromatic rings. The monoisotopic (exact) mass is 309 g/mol. The van der Waals surface area contributed by atoms with Crippen LogP contribution in [0.4, 0.5) is 24.0 Å². The van der Waals surface area contributed by atoms with Gasteiger partial charge < -0.3 is 5.32 Å². The van der Waals surface area contributed by atoms with Gasteiger partial charge in [-0.3, -0.25) is 0 Å². The van der Waals surface area contributed by atoms with Crippen LogP contribution < -0.4 is 5.32 Å². The Morgan fingerprint density at radius 2 is 1.94 bits per heavy atom. The van der Waals surface area contributed by atoms with Gasteiger partial charge in [0, 0.05) is 12.1 Å². The highest BCUT2D eigenvalue weighted by Gasteiger charge is 2.12. The maximum Gasteiger partial charge on any atom is 0.210 e. The van der Waals surface area contributed by atoms with Crippen molar-refractivity contribution in [3.63, 3.8) is 0 Å². The van der Waals surface area contributed by atoms with E-state index in [0.717, 1.165) is 17.4 Å². The molecule has 84 valence electrons. The Balaban J connectivity index is 2.34. The molecule has 16 heavy (non-hydrogen) atoms. The molecule has 1 N–H and O–H groups in total. The Labute approximate surface area is 100 Å². The van der Waals surface area contributed by atoms with Crippen LogP contribution in [0.15, 0.2) is 16.0 Å². The Bertz CT molecular complexity index is 531. The second-order valence-corrected chi connectivity index (χ2v) is 4.99. The number of rotatable bonds is 2. The summed E-state index contributed by atoms with van der Waals surface area (Å²) in [4.78, 5) is 0. The molecule has 0 radical (unpaired) electrons. The Morgan fingerprint density at radius 1 is 1.19 bits per heavy atom. The van der Waals surface area contributed by atoms with Crippen molar-refractivity contribution >= 4 is 38.1 Å². The Hall–Kier alpha value is -1.15. The predicted molar refractivity (Wildman–Crippen MR) is 57.2 cm³/mol. The lowest BCUT2D eigenvalue weighted by atomic mass is 10.3. The minimum Gasteiger partial charge on any atom is -0.327 e. The van der Waals surface area contributed by atoms with Gasteiger partial charge in [-0.25, -0.2) is 13.2 Å². The minimum atomic E-state index is -1.26. The number of hydrogen-bond donors (Lipinski definition) is 1. The first-order valence-electron chi connectivity index (χ1n) is 3.97. The zero-order valence-corrected chi connectivity index (χ0v) is 9.87. The van der Waals surface area contributed by atoms with E-state index in [4.69, 9.17) is 0 Å². The molecule has 0 saturated heterocycles. The lowest BCUT2D eigenvalue weighted by Gasteiger charge is -2.04. The van der Waals surface area contributed by atoms with Gasteiger partial charge in [0.2, 0.25) is 5.13 Å². The lowest BCUT2D eigenvalue weighted by Crippen LogP contribution is -1.97. The molecule has 3 nitrogen and oxygen atoms in total. The highest BCUT2D eigenvalue weighted by molar-refractivity contribution is 9.11. The minimum absolute atomic E-state index is 0.232. The van der Waals surface area contributed by atoms with E-state index in [2.05, 4.69) is 31.4 Å². The van der Waals surface area contributed by atoms with Crippen molar-refractivity contribution in [2.75, 3.05) is 5.32 Å². The van der Waals surface area contributed by atoms with Crippen molar-refractivity contribution in [1.29, 1.82) is 0 Å². The third-order valence-electron chi connectivity index (χ3n) is 1.63.